The summed E-state index contributed by atoms with van der Waals surface area (Å²) in [7, 11) is 1.61. The van der Waals surface area contributed by atoms with Crippen LogP contribution >= 0.6 is 11.3 Å². The number of benzene rings is 1. The Hall–Kier alpha value is -1.79. The number of nitrogens with zero attached hydrogens (tertiary/aromatic N) is 1. The van der Waals surface area contributed by atoms with Crippen molar-refractivity contribution in [3.8, 4) is 27.8 Å². The van der Waals surface area contributed by atoms with Crippen molar-refractivity contribution in [1.29, 1.82) is 0 Å². The van der Waals surface area contributed by atoms with Crippen LogP contribution in [0.25, 0.3) is 10.6 Å². The number of ether oxygens (including phenoxy) is 3. The van der Waals surface area contributed by atoms with Gasteiger partial charge in [0.1, 0.15) is 5.01 Å². The molecule has 0 amide bonds. The quantitative estimate of drug-likeness (QED) is 0.918. The van der Waals surface area contributed by atoms with Crippen LogP contribution in [-0.4, -0.2) is 18.9 Å². The highest BCUT2D eigenvalue weighted by Crippen LogP contribution is 2.44. The van der Waals surface area contributed by atoms with Gasteiger partial charge in [0.25, 0.3) is 0 Å². The van der Waals surface area contributed by atoms with Crippen molar-refractivity contribution < 1.29 is 14.2 Å². The first-order chi connectivity index (χ1) is 8.81. The van der Waals surface area contributed by atoms with Crippen LogP contribution in [0, 0.1) is 0 Å². The summed E-state index contributed by atoms with van der Waals surface area (Å²) >= 11 is 1.56. The van der Waals surface area contributed by atoms with E-state index in [0.717, 1.165) is 15.4 Å². The molecule has 1 aliphatic heterocycles. The molecular formula is C12H12N2O3S. The van der Waals surface area contributed by atoms with Crippen LogP contribution in [0.15, 0.2) is 18.3 Å². The second kappa shape index (κ2) is 4.47. The van der Waals surface area contributed by atoms with Crippen molar-refractivity contribution in [2.75, 3.05) is 13.9 Å². The molecule has 2 N–H and O–H groups in total. The average Bonchev–Trinajstić information content (AvgIpc) is 3.05. The molecule has 0 unspecified atom stereocenters. The van der Waals surface area contributed by atoms with Gasteiger partial charge < -0.3 is 19.9 Å². The van der Waals surface area contributed by atoms with E-state index in [2.05, 4.69) is 4.98 Å². The van der Waals surface area contributed by atoms with Crippen LogP contribution in [0.2, 0.25) is 0 Å². The highest BCUT2D eigenvalue weighted by molar-refractivity contribution is 7.15. The number of fused-ring (bicyclic) bond motifs is 1. The summed E-state index contributed by atoms with van der Waals surface area (Å²) in [4.78, 5) is 5.39. The van der Waals surface area contributed by atoms with E-state index in [4.69, 9.17) is 19.9 Å². The predicted octanol–water partition coefficient (Wildman–Crippen LogP) is 2.01. The monoisotopic (exact) mass is 264 g/mol. The van der Waals surface area contributed by atoms with Crippen molar-refractivity contribution in [1.82, 2.24) is 4.98 Å². The zero-order valence-electron chi connectivity index (χ0n) is 9.80. The van der Waals surface area contributed by atoms with Gasteiger partial charge in [0.05, 0.1) is 7.11 Å². The Labute approximate surface area is 108 Å². The summed E-state index contributed by atoms with van der Waals surface area (Å²) in [5.41, 5.74) is 6.53. The van der Waals surface area contributed by atoms with Gasteiger partial charge in [-0.3, -0.25) is 0 Å². The SMILES string of the molecule is COc1cc(-c2ncc(CN)s2)cc2c1OCO2. The number of aromatic nitrogens is 1. The van der Waals surface area contributed by atoms with E-state index in [1.54, 1.807) is 24.6 Å². The van der Waals surface area contributed by atoms with Crippen molar-refractivity contribution in [3.63, 3.8) is 0 Å². The summed E-state index contributed by atoms with van der Waals surface area (Å²) in [6.45, 7) is 0.723. The zero-order chi connectivity index (χ0) is 12.5. The average molecular weight is 264 g/mol. The molecule has 3 rings (SSSR count). The van der Waals surface area contributed by atoms with Gasteiger partial charge in [-0.15, -0.1) is 11.3 Å². The molecular weight excluding hydrogens is 252 g/mol. The summed E-state index contributed by atoms with van der Waals surface area (Å²) in [6, 6.07) is 3.80. The second-order valence-corrected chi connectivity index (χ2v) is 4.86. The highest BCUT2D eigenvalue weighted by Gasteiger charge is 2.21. The lowest BCUT2D eigenvalue weighted by Crippen LogP contribution is -1.93. The fourth-order valence-electron chi connectivity index (χ4n) is 1.79. The summed E-state index contributed by atoms with van der Waals surface area (Å²) in [5, 5.41) is 0.895. The first kappa shape index (κ1) is 11.3. The van der Waals surface area contributed by atoms with E-state index < -0.39 is 0 Å². The highest BCUT2D eigenvalue weighted by atomic mass is 32.1. The first-order valence-electron chi connectivity index (χ1n) is 5.44. The van der Waals surface area contributed by atoms with Crippen LogP contribution in [0.5, 0.6) is 17.2 Å². The van der Waals surface area contributed by atoms with Gasteiger partial charge in [0, 0.05) is 23.2 Å². The maximum absolute atomic E-state index is 5.59. The number of thiazole rings is 1. The molecule has 0 bridgehead atoms. The lowest BCUT2D eigenvalue weighted by atomic mass is 10.2. The third kappa shape index (κ3) is 1.79. The normalized spacial score (nSPS) is 12.8. The molecule has 18 heavy (non-hydrogen) atoms. The molecule has 2 aromatic rings. The lowest BCUT2D eigenvalue weighted by molar-refractivity contribution is 0.171. The molecule has 1 aliphatic rings. The van der Waals surface area contributed by atoms with E-state index in [9.17, 15) is 0 Å². The fourth-order valence-corrected chi connectivity index (χ4v) is 2.57. The summed E-state index contributed by atoms with van der Waals surface area (Å²) in [6.07, 6.45) is 1.79. The lowest BCUT2D eigenvalue weighted by Gasteiger charge is -2.06. The molecule has 6 heteroatoms. The minimum Gasteiger partial charge on any atom is -0.493 e. The van der Waals surface area contributed by atoms with Crippen molar-refractivity contribution in [3.05, 3.63) is 23.2 Å². The predicted molar refractivity (Wildman–Crippen MR) is 68.1 cm³/mol. The first-order valence-corrected chi connectivity index (χ1v) is 6.26. The number of nitrogens with two attached hydrogens (primary N) is 1. The Morgan fingerprint density at radius 1 is 1.44 bits per heavy atom. The van der Waals surface area contributed by atoms with E-state index in [1.807, 2.05) is 12.1 Å². The van der Waals surface area contributed by atoms with Crippen LogP contribution in [0.4, 0.5) is 0 Å². The molecule has 0 atom stereocenters. The minimum absolute atomic E-state index is 0.223. The Bertz CT molecular complexity index is 583. The minimum atomic E-state index is 0.223. The Kier molecular flexibility index (Phi) is 2.81. The fraction of sp³-hybridized carbons (Fsp3) is 0.250. The molecule has 0 saturated heterocycles. The topological polar surface area (TPSA) is 66.6 Å². The Morgan fingerprint density at radius 2 is 2.33 bits per heavy atom. The van der Waals surface area contributed by atoms with Gasteiger partial charge in [-0.25, -0.2) is 4.98 Å². The van der Waals surface area contributed by atoms with Gasteiger partial charge in [-0.1, -0.05) is 0 Å². The summed E-state index contributed by atoms with van der Waals surface area (Å²) < 4.78 is 16.0. The van der Waals surface area contributed by atoms with Crippen LogP contribution < -0.4 is 19.9 Å². The van der Waals surface area contributed by atoms with E-state index in [0.29, 0.717) is 23.8 Å². The molecule has 2 heterocycles. The molecule has 0 radical (unpaired) electrons. The Morgan fingerprint density at radius 3 is 3.06 bits per heavy atom. The third-order valence-corrected chi connectivity index (χ3v) is 3.73. The number of hydrogen-bond acceptors (Lipinski definition) is 6. The maximum atomic E-state index is 5.59. The van der Waals surface area contributed by atoms with E-state index >= 15 is 0 Å². The summed E-state index contributed by atoms with van der Waals surface area (Å²) in [5.74, 6) is 2.00. The van der Waals surface area contributed by atoms with Gasteiger partial charge in [0.15, 0.2) is 11.5 Å². The molecule has 0 saturated carbocycles. The molecule has 1 aromatic heterocycles. The second-order valence-electron chi connectivity index (χ2n) is 3.75. The largest absolute Gasteiger partial charge is 0.493 e. The van der Waals surface area contributed by atoms with Crippen LogP contribution in [0.1, 0.15) is 4.88 Å². The van der Waals surface area contributed by atoms with Crippen molar-refractivity contribution >= 4 is 11.3 Å². The smallest absolute Gasteiger partial charge is 0.231 e. The molecule has 0 fully saturated rings. The Balaban J connectivity index is 2.07. The number of methoxy groups -OCH3 is 1. The van der Waals surface area contributed by atoms with Crippen molar-refractivity contribution in [2.24, 2.45) is 5.73 Å². The van der Waals surface area contributed by atoms with Gasteiger partial charge in [-0.05, 0) is 12.1 Å². The number of hydrogen-bond donors (Lipinski definition) is 1. The molecule has 0 aliphatic carbocycles. The van der Waals surface area contributed by atoms with Gasteiger partial charge in [-0.2, -0.15) is 0 Å². The molecule has 5 nitrogen and oxygen atoms in total. The van der Waals surface area contributed by atoms with Gasteiger partial charge >= 0.3 is 0 Å². The molecule has 94 valence electrons. The molecule has 0 spiro atoms. The van der Waals surface area contributed by atoms with Gasteiger partial charge in [0.2, 0.25) is 12.5 Å². The van der Waals surface area contributed by atoms with E-state index in [1.165, 1.54) is 0 Å². The van der Waals surface area contributed by atoms with Crippen LogP contribution in [0.3, 0.4) is 0 Å². The van der Waals surface area contributed by atoms with Crippen LogP contribution in [-0.2, 0) is 6.54 Å². The zero-order valence-corrected chi connectivity index (χ0v) is 10.6. The molecule has 1 aromatic carbocycles. The standard InChI is InChI=1S/C12H12N2O3S/c1-15-9-2-7(3-10-11(9)17-6-16-10)12-14-5-8(4-13)18-12/h2-3,5H,4,6,13H2,1H3. The number of rotatable bonds is 3. The van der Waals surface area contributed by atoms with E-state index in [-0.39, 0.29) is 6.79 Å². The maximum Gasteiger partial charge on any atom is 0.231 e. The third-order valence-electron chi connectivity index (χ3n) is 2.66. The van der Waals surface area contributed by atoms with Crippen molar-refractivity contribution in [2.45, 2.75) is 6.54 Å².